The van der Waals surface area contributed by atoms with Gasteiger partial charge in [0.25, 0.3) is 0 Å². The molecule has 102 valence electrons. The Labute approximate surface area is 111 Å². The molecule has 0 spiro atoms. The fourth-order valence-electron chi connectivity index (χ4n) is 1.90. The molecule has 1 aromatic rings. The summed E-state index contributed by atoms with van der Waals surface area (Å²) in [7, 11) is 0. The van der Waals surface area contributed by atoms with Crippen LogP contribution in [0, 0.1) is 5.92 Å². The van der Waals surface area contributed by atoms with Gasteiger partial charge in [-0.1, -0.05) is 38.8 Å². The highest BCUT2D eigenvalue weighted by atomic mass is 16.5. The molecule has 0 aliphatic carbocycles. The molecule has 1 atom stereocenters. The predicted molar refractivity (Wildman–Crippen MR) is 75.9 cm³/mol. The smallest absolute Gasteiger partial charge is 0.115 e. The molecule has 0 bridgehead atoms. The Morgan fingerprint density at radius 2 is 1.89 bits per heavy atom. The summed E-state index contributed by atoms with van der Waals surface area (Å²) in [6.45, 7) is 6.21. The number of unbranched alkanes of at least 4 members (excludes halogenated alkanes) is 2. The number of hydrogen-bond acceptors (Lipinski definition) is 2. The van der Waals surface area contributed by atoms with Gasteiger partial charge >= 0.3 is 0 Å². The minimum absolute atomic E-state index is 0.339. The minimum Gasteiger partial charge on any atom is -0.508 e. The molecule has 1 rings (SSSR count). The van der Waals surface area contributed by atoms with Crippen molar-refractivity contribution in [2.75, 3.05) is 13.2 Å². The van der Waals surface area contributed by atoms with Gasteiger partial charge in [0.15, 0.2) is 0 Å². The standard InChI is InChI=1S/C16H26O2/c1-3-4-5-12-18-13-14(2)6-7-15-8-10-16(17)11-9-15/h8-11,14,17H,3-7,12-13H2,1-2H3. The SMILES string of the molecule is CCCCCOCC(C)CCc1ccc(O)cc1. The van der Waals surface area contributed by atoms with Gasteiger partial charge < -0.3 is 9.84 Å². The van der Waals surface area contributed by atoms with Gasteiger partial charge in [-0.3, -0.25) is 0 Å². The Hall–Kier alpha value is -1.02. The van der Waals surface area contributed by atoms with Crippen molar-refractivity contribution in [3.8, 4) is 5.75 Å². The average Bonchev–Trinajstić information content (AvgIpc) is 2.38. The Balaban J connectivity index is 2.09. The Morgan fingerprint density at radius 1 is 1.17 bits per heavy atom. The predicted octanol–water partition coefficient (Wildman–Crippen LogP) is 4.17. The van der Waals surface area contributed by atoms with Crippen molar-refractivity contribution in [3.05, 3.63) is 29.8 Å². The van der Waals surface area contributed by atoms with E-state index in [9.17, 15) is 5.11 Å². The molecular formula is C16H26O2. The lowest BCUT2D eigenvalue weighted by Crippen LogP contribution is -2.08. The summed E-state index contributed by atoms with van der Waals surface area (Å²) in [6, 6.07) is 7.48. The van der Waals surface area contributed by atoms with Crippen LogP contribution >= 0.6 is 0 Å². The Bertz CT molecular complexity index is 305. The zero-order chi connectivity index (χ0) is 13.2. The van der Waals surface area contributed by atoms with Gasteiger partial charge in [0.05, 0.1) is 0 Å². The second-order valence-electron chi connectivity index (χ2n) is 5.09. The summed E-state index contributed by atoms with van der Waals surface area (Å²) in [4.78, 5) is 0. The van der Waals surface area contributed by atoms with E-state index < -0.39 is 0 Å². The van der Waals surface area contributed by atoms with Crippen LogP contribution in [0.3, 0.4) is 0 Å². The first-order valence-electron chi connectivity index (χ1n) is 7.08. The van der Waals surface area contributed by atoms with E-state index in [2.05, 4.69) is 13.8 Å². The quantitative estimate of drug-likeness (QED) is 0.667. The van der Waals surface area contributed by atoms with Crippen LogP contribution in [-0.2, 0) is 11.2 Å². The fourth-order valence-corrected chi connectivity index (χ4v) is 1.90. The lowest BCUT2D eigenvalue weighted by atomic mass is 10.0. The molecule has 0 saturated carbocycles. The number of phenols is 1. The van der Waals surface area contributed by atoms with Crippen LogP contribution in [0.5, 0.6) is 5.75 Å². The molecule has 1 aromatic carbocycles. The first-order chi connectivity index (χ1) is 8.72. The maximum atomic E-state index is 9.20. The van der Waals surface area contributed by atoms with Crippen molar-refractivity contribution in [2.24, 2.45) is 5.92 Å². The van der Waals surface area contributed by atoms with Gasteiger partial charge in [-0.15, -0.1) is 0 Å². The molecule has 2 heteroatoms. The molecule has 0 aliphatic rings. The number of aromatic hydroxyl groups is 1. The molecular weight excluding hydrogens is 224 g/mol. The van der Waals surface area contributed by atoms with Crippen molar-refractivity contribution in [3.63, 3.8) is 0 Å². The van der Waals surface area contributed by atoms with Gasteiger partial charge in [-0.25, -0.2) is 0 Å². The van der Waals surface area contributed by atoms with Gasteiger partial charge in [-0.2, -0.15) is 0 Å². The van der Waals surface area contributed by atoms with E-state index in [0.717, 1.165) is 26.1 Å². The van der Waals surface area contributed by atoms with Crippen molar-refractivity contribution in [1.82, 2.24) is 0 Å². The van der Waals surface area contributed by atoms with E-state index in [-0.39, 0.29) is 0 Å². The van der Waals surface area contributed by atoms with Crippen molar-refractivity contribution in [1.29, 1.82) is 0 Å². The third-order valence-corrected chi connectivity index (χ3v) is 3.16. The number of hydrogen-bond donors (Lipinski definition) is 1. The summed E-state index contributed by atoms with van der Waals surface area (Å²) in [6.07, 6.45) is 5.89. The Kier molecular flexibility index (Phi) is 7.51. The van der Waals surface area contributed by atoms with E-state index in [0.29, 0.717) is 11.7 Å². The highest BCUT2D eigenvalue weighted by Crippen LogP contribution is 2.14. The molecule has 18 heavy (non-hydrogen) atoms. The third-order valence-electron chi connectivity index (χ3n) is 3.16. The number of ether oxygens (including phenoxy) is 1. The fraction of sp³-hybridized carbons (Fsp3) is 0.625. The summed E-state index contributed by atoms with van der Waals surface area (Å²) >= 11 is 0. The summed E-state index contributed by atoms with van der Waals surface area (Å²) < 4.78 is 5.67. The van der Waals surface area contributed by atoms with Crippen LogP contribution in [0.15, 0.2) is 24.3 Å². The molecule has 0 amide bonds. The Morgan fingerprint density at radius 3 is 2.56 bits per heavy atom. The molecule has 1 unspecified atom stereocenters. The largest absolute Gasteiger partial charge is 0.508 e. The number of benzene rings is 1. The molecule has 1 N–H and O–H groups in total. The van der Waals surface area contributed by atoms with Crippen LogP contribution in [0.4, 0.5) is 0 Å². The molecule has 2 nitrogen and oxygen atoms in total. The average molecular weight is 250 g/mol. The van der Waals surface area contributed by atoms with Crippen LogP contribution in [-0.4, -0.2) is 18.3 Å². The van der Waals surface area contributed by atoms with Crippen molar-refractivity contribution < 1.29 is 9.84 Å². The highest BCUT2D eigenvalue weighted by Gasteiger charge is 2.03. The second-order valence-corrected chi connectivity index (χ2v) is 5.09. The zero-order valence-electron chi connectivity index (χ0n) is 11.7. The van der Waals surface area contributed by atoms with E-state index in [4.69, 9.17) is 4.74 Å². The summed E-state index contributed by atoms with van der Waals surface area (Å²) in [5.74, 6) is 0.937. The van der Waals surface area contributed by atoms with Crippen LogP contribution in [0.2, 0.25) is 0 Å². The lowest BCUT2D eigenvalue weighted by molar-refractivity contribution is 0.0989. The monoisotopic (exact) mass is 250 g/mol. The van der Waals surface area contributed by atoms with E-state index in [1.807, 2.05) is 12.1 Å². The highest BCUT2D eigenvalue weighted by molar-refractivity contribution is 5.25. The van der Waals surface area contributed by atoms with Gasteiger partial charge in [-0.05, 0) is 42.9 Å². The molecule has 0 aromatic heterocycles. The number of rotatable bonds is 9. The minimum atomic E-state index is 0.339. The molecule has 0 fully saturated rings. The van der Waals surface area contributed by atoms with Crippen LogP contribution in [0.25, 0.3) is 0 Å². The van der Waals surface area contributed by atoms with Crippen molar-refractivity contribution in [2.45, 2.75) is 46.0 Å². The zero-order valence-corrected chi connectivity index (χ0v) is 11.7. The topological polar surface area (TPSA) is 29.5 Å². The molecule has 0 radical (unpaired) electrons. The van der Waals surface area contributed by atoms with Gasteiger partial charge in [0.1, 0.15) is 5.75 Å². The van der Waals surface area contributed by atoms with E-state index >= 15 is 0 Å². The molecule has 0 heterocycles. The van der Waals surface area contributed by atoms with E-state index in [1.54, 1.807) is 12.1 Å². The summed E-state index contributed by atoms with van der Waals surface area (Å²) in [5.41, 5.74) is 1.28. The first-order valence-corrected chi connectivity index (χ1v) is 7.08. The summed E-state index contributed by atoms with van der Waals surface area (Å²) in [5, 5.41) is 9.20. The normalized spacial score (nSPS) is 12.6. The molecule has 0 aliphatic heterocycles. The lowest BCUT2D eigenvalue weighted by Gasteiger charge is -2.12. The number of phenolic OH excluding ortho intramolecular Hbond substituents is 1. The van der Waals surface area contributed by atoms with Crippen molar-refractivity contribution >= 4 is 0 Å². The third kappa shape index (κ3) is 6.65. The molecule has 0 saturated heterocycles. The van der Waals surface area contributed by atoms with E-state index in [1.165, 1.54) is 24.8 Å². The maximum Gasteiger partial charge on any atom is 0.115 e. The van der Waals surface area contributed by atoms with Crippen LogP contribution < -0.4 is 0 Å². The van der Waals surface area contributed by atoms with Crippen LogP contribution in [0.1, 0.15) is 45.1 Å². The second kappa shape index (κ2) is 8.98. The first kappa shape index (κ1) is 15.0. The van der Waals surface area contributed by atoms with Gasteiger partial charge in [0, 0.05) is 13.2 Å². The van der Waals surface area contributed by atoms with Gasteiger partial charge in [0.2, 0.25) is 0 Å². The number of aryl methyl sites for hydroxylation is 1. The maximum absolute atomic E-state index is 9.20.